The molecule has 1 fully saturated rings. The molecule has 0 aromatic heterocycles. The van der Waals surface area contributed by atoms with Gasteiger partial charge in [-0.05, 0) is 53.6 Å². The first-order valence-electron chi connectivity index (χ1n) is 6.49. The highest BCUT2D eigenvalue weighted by Crippen LogP contribution is 2.24. The van der Waals surface area contributed by atoms with Gasteiger partial charge in [0.05, 0.1) is 11.1 Å². The van der Waals surface area contributed by atoms with Crippen molar-refractivity contribution in [1.82, 2.24) is 5.32 Å². The summed E-state index contributed by atoms with van der Waals surface area (Å²) in [5, 5.41) is 13.3. The molecule has 1 aliphatic rings. The van der Waals surface area contributed by atoms with E-state index in [9.17, 15) is 9.90 Å². The maximum absolute atomic E-state index is 12.0. The van der Waals surface area contributed by atoms with Crippen LogP contribution in [0.5, 0.6) is 0 Å². The zero-order chi connectivity index (χ0) is 13.8. The number of aliphatic hydroxyl groups excluding tert-OH is 1. The first-order chi connectivity index (χ1) is 9.08. The van der Waals surface area contributed by atoms with Crippen molar-refractivity contribution in [1.29, 1.82) is 0 Å². The van der Waals surface area contributed by atoms with Crippen LogP contribution in [0.2, 0.25) is 5.02 Å². The number of hydrogen-bond donors (Lipinski definition) is 2. The quantitative estimate of drug-likeness (QED) is 0.775. The third kappa shape index (κ3) is 4.07. The molecule has 0 saturated heterocycles. The number of hydrogen-bond acceptors (Lipinski definition) is 2. The van der Waals surface area contributed by atoms with Gasteiger partial charge in [-0.3, -0.25) is 4.79 Å². The van der Waals surface area contributed by atoms with Crippen LogP contribution >= 0.6 is 34.2 Å². The normalized spacial score (nSPS) is 23.1. The van der Waals surface area contributed by atoms with Crippen molar-refractivity contribution in [2.75, 3.05) is 6.54 Å². The van der Waals surface area contributed by atoms with Crippen molar-refractivity contribution in [3.8, 4) is 0 Å². The summed E-state index contributed by atoms with van der Waals surface area (Å²) in [6, 6.07) is 5.27. The molecule has 2 rings (SSSR count). The van der Waals surface area contributed by atoms with Crippen LogP contribution < -0.4 is 5.32 Å². The Labute approximate surface area is 131 Å². The molecule has 1 aromatic rings. The fraction of sp³-hybridized carbons (Fsp3) is 0.500. The van der Waals surface area contributed by atoms with Gasteiger partial charge >= 0.3 is 0 Å². The van der Waals surface area contributed by atoms with Gasteiger partial charge in [0.25, 0.3) is 5.91 Å². The largest absolute Gasteiger partial charge is 0.393 e. The van der Waals surface area contributed by atoms with Crippen molar-refractivity contribution in [3.63, 3.8) is 0 Å². The molecule has 1 amide bonds. The van der Waals surface area contributed by atoms with Crippen LogP contribution in [0.25, 0.3) is 0 Å². The molecule has 5 heteroatoms. The van der Waals surface area contributed by atoms with Gasteiger partial charge < -0.3 is 10.4 Å². The summed E-state index contributed by atoms with van der Waals surface area (Å²) in [5.41, 5.74) is 0.565. The highest BCUT2D eigenvalue weighted by atomic mass is 127. The lowest BCUT2D eigenvalue weighted by Gasteiger charge is -2.27. The second-order valence-electron chi connectivity index (χ2n) is 4.95. The lowest BCUT2D eigenvalue weighted by molar-refractivity contribution is 0.0663. The van der Waals surface area contributed by atoms with E-state index in [0.29, 0.717) is 17.1 Å². The van der Waals surface area contributed by atoms with E-state index in [0.717, 1.165) is 29.3 Å². The van der Waals surface area contributed by atoms with Crippen LogP contribution in [-0.2, 0) is 0 Å². The summed E-state index contributed by atoms with van der Waals surface area (Å²) in [6.45, 7) is 0.531. The summed E-state index contributed by atoms with van der Waals surface area (Å²) < 4.78 is 0.929. The third-order valence-electron chi connectivity index (χ3n) is 3.58. The minimum absolute atomic E-state index is 0.129. The van der Waals surface area contributed by atoms with Crippen LogP contribution in [-0.4, -0.2) is 23.7 Å². The fourth-order valence-electron chi connectivity index (χ4n) is 2.39. The predicted molar refractivity (Wildman–Crippen MR) is 84.5 cm³/mol. The maximum Gasteiger partial charge on any atom is 0.251 e. The van der Waals surface area contributed by atoms with E-state index in [-0.39, 0.29) is 17.9 Å². The molecule has 0 aliphatic heterocycles. The molecule has 1 saturated carbocycles. The van der Waals surface area contributed by atoms with Gasteiger partial charge in [0.1, 0.15) is 0 Å². The zero-order valence-corrected chi connectivity index (χ0v) is 13.4. The second-order valence-corrected chi connectivity index (χ2v) is 6.52. The molecule has 1 aromatic carbocycles. The molecular formula is C14H17ClINO2. The molecule has 104 valence electrons. The molecule has 19 heavy (non-hydrogen) atoms. The van der Waals surface area contributed by atoms with Crippen molar-refractivity contribution in [2.24, 2.45) is 5.92 Å². The number of amides is 1. The first-order valence-corrected chi connectivity index (χ1v) is 7.95. The van der Waals surface area contributed by atoms with Gasteiger partial charge in [0, 0.05) is 21.6 Å². The lowest BCUT2D eigenvalue weighted by atomic mass is 9.86. The highest BCUT2D eigenvalue weighted by molar-refractivity contribution is 14.1. The number of nitrogens with one attached hydrogen (secondary N) is 1. The average Bonchev–Trinajstić information content (AvgIpc) is 2.40. The number of rotatable bonds is 3. The van der Waals surface area contributed by atoms with E-state index in [1.54, 1.807) is 12.1 Å². The first kappa shape index (κ1) is 15.1. The van der Waals surface area contributed by atoms with Crippen molar-refractivity contribution in [2.45, 2.75) is 31.8 Å². The molecule has 0 bridgehead atoms. The number of carbonyl (C=O) groups excluding carboxylic acids is 1. The Morgan fingerprint density at radius 3 is 2.84 bits per heavy atom. The van der Waals surface area contributed by atoms with Gasteiger partial charge in [0.2, 0.25) is 0 Å². The Hall–Kier alpha value is -0.330. The number of carbonyl (C=O) groups is 1. The molecule has 0 spiro atoms. The molecule has 3 nitrogen and oxygen atoms in total. The summed E-state index contributed by atoms with van der Waals surface area (Å²) in [6.07, 6.45) is 3.75. The van der Waals surface area contributed by atoms with E-state index in [1.807, 2.05) is 6.07 Å². The maximum atomic E-state index is 12.0. The summed E-state index contributed by atoms with van der Waals surface area (Å²) >= 11 is 8.13. The van der Waals surface area contributed by atoms with Crippen molar-refractivity contribution in [3.05, 3.63) is 32.4 Å². The molecule has 1 aliphatic carbocycles. The standard InChI is InChI=1S/C14H17ClINO2/c15-11-7-9(5-6-12(11)16)14(19)17-8-10-3-1-2-4-13(10)18/h5-7,10,13,18H,1-4,8H2,(H,17,19). The van der Waals surface area contributed by atoms with Crippen LogP contribution in [0.4, 0.5) is 0 Å². The minimum Gasteiger partial charge on any atom is -0.393 e. The van der Waals surface area contributed by atoms with Crippen molar-refractivity contribution < 1.29 is 9.90 Å². The van der Waals surface area contributed by atoms with Gasteiger partial charge in [0.15, 0.2) is 0 Å². The molecular weight excluding hydrogens is 377 g/mol. The van der Waals surface area contributed by atoms with Gasteiger partial charge in [-0.1, -0.05) is 24.4 Å². The van der Waals surface area contributed by atoms with E-state index < -0.39 is 0 Å². The van der Waals surface area contributed by atoms with Crippen LogP contribution in [0, 0.1) is 9.49 Å². The Bertz CT molecular complexity index is 467. The van der Waals surface area contributed by atoms with E-state index in [2.05, 4.69) is 27.9 Å². The van der Waals surface area contributed by atoms with E-state index >= 15 is 0 Å². The Balaban J connectivity index is 1.91. The average molecular weight is 394 g/mol. The Morgan fingerprint density at radius 2 is 2.16 bits per heavy atom. The molecule has 2 atom stereocenters. The monoisotopic (exact) mass is 393 g/mol. The molecule has 2 unspecified atom stereocenters. The smallest absolute Gasteiger partial charge is 0.251 e. The second kappa shape index (κ2) is 6.90. The number of aliphatic hydroxyl groups is 1. The fourth-order valence-corrected chi connectivity index (χ4v) is 2.91. The van der Waals surface area contributed by atoms with E-state index in [1.165, 1.54) is 0 Å². The summed E-state index contributed by atoms with van der Waals surface area (Å²) in [7, 11) is 0. The number of halogens is 2. The topological polar surface area (TPSA) is 49.3 Å². The van der Waals surface area contributed by atoms with Gasteiger partial charge in [-0.15, -0.1) is 0 Å². The van der Waals surface area contributed by atoms with Crippen LogP contribution in [0.15, 0.2) is 18.2 Å². The molecule has 2 N–H and O–H groups in total. The third-order valence-corrected chi connectivity index (χ3v) is 5.15. The lowest BCUT2D eigenvalue weighted by Crippen LogP contribution is -2.36. The number of benzene rings is 1. The highest BCUT2D eigenvalue weighted by Gasteiger charge is 2.23. The zero-order valence-electron chi connectivity index (χ0n) is 10.5. The summed E-state index contributed by atoms with van der Waals surface area (Å²) in [4.78, 5) is 12.0. The Morgan fingerprint density at radius 1 is 1.42 bits per heavy atom. The SMILES string of the molecule is O=C(NCC1CCCCC1O)c1ccc(I)c(Cl)c1. The van der Waals surface area contributed by atoms with Gasteiger partial charge in [-0.2, -0.15) is 0 Å². The minimum atomic E-state index is -0.283. The van der Waals surface area contributed by atoms with Gasteiger partial charge in [-0.25, -0.2) is 0 Å². The van der Waals surface area contributed by atoms with Crippen molar-refractivity contribution >= 4 is 40.1 Å². The van der Waals surface area contributed by atoms with Crippen LogP contribution in [0.3, 0.4) is 0 Å². The van der Waals surface area contributed by atoms with Crippen LogP contribution in [0.1, 0.15) is 36.0 Å². The van der Waals surface area contributed by atoms with E-state index in [4.69, 9.17) is 11.6 Å². The summed E-state index contributed by atoms with van der Waals surface area (Å²) in [5.74, 6) is 0.0492. The molecule has 0 heterocycles. The predicted octanol–water partition coefficient (Wildman–Crippen LogP) is 3.23. The molecule has 0 radical (unpaired) electrons. The Kier molecular flexibility index (Phi) is 5.47.